The average Bonchev–Trinajstić information content (AvgIpc) is 3.22. The molecule has 3 aromatic rings. The van der Waals surface area contributed by atoms with Gasteiger partial charge in [-0.15, -0.1) is 0 Å². The van der Waals surface area contributed by atoms with E-state index in [2.05, 4.69) is 15.4 Å². The van der Waals surface area contributed by atoms with E-state index in [-0.39, 0.29) is 11.7 Å². The molecule has 0 spiro atoms. The third-order valence-electron chi connectivity index (χ3n) is 4.68. The van der Waals surface area contributed by atoms with Crippen LogP contribution in [0.1, 0.15) is 45.0 Å². The number of thiazole rings is 1. The maximum absolute atomic E-state index is 12.3. The van der Waals surface area contributed by atoms with Crippen molar-refractivity contribution in [3.8, 4) is 0 Å². The van der Waals surface area contributed by atoms with E-state index in [1.54, 1.807) is 10.8 Å². The number of anilines is 1. The molecule has 2 heterocycles. The van der Waals surface area contributed by atoms with Crippen molar-refractivity contribution in [1.29, 1.82) is 0 Å². The summed E-state index contributed by atoms with van der Waals surface area (Å²) < 4.78 is 1.71. The van der Waals surface area contributed by atoms with Crippen LogP contribution in [0, 0.1) is 6.92 Å². The van der Waals surface area contributed by atoms with Crippen molar-refractivity contribution in [1.82, 2.24) is 14.8 Å². The first-order chi connectivity index (χ1) is 14.0. The number of aromatic nitrogens is 3. The van der Waals surface area contributed by atoms with Gasteiger partial charge in [0.1, 0.15) is 5.15 Å². The summed E-state index contributed by atoms with van der Waals surface area (Å²) in [6, 6.07) is 9.91. The van der Waals surface area contributed by atoms with Gasteiger partial charge in [-0.2, -0.15) is 5.10 Å². The molecule has 148 valence electrons. The van der Waals surface area contributed by atoms with Crippen molar-refractivity contribution in [2.24, 2.45) is 0 Å². The first kappa shape index (κ1) is 19.5. The summed E-state index contributed by atoms with van der Waals surface area (Å²) in [5.74, 6) is -0.220. The third-order valence-corrected chi connectivity index (χ3v) is 6.14. The molecule has 0 bridgehead atoms. The second kappa shape index (κ2) is 8.31. The Bertz CT molecular complexity index is 1100. The number of hydrogen-bond donors (Lipinski definition) is 1. The largest absolute Gasteiger partial charge is 0.298 e. The highest BCUT2D eigenvalue weighted by atomic mass is 35.5. The van der Waals surface area contributed by atoms with Crippen LogP contribution in [0.15, 0.2) is 36.4 Å². The number of hydrogen-bond acceptors (Lipinski definition) is 5. The number of Topliss-reactive ketones (excluding diaryl/α,β-unsaturated/α-hetero) is 1. The number of carbonyl (C=O) groups is 2. The summed E-state index contributed by atoms with van der Waals surface area (Å²) in [5.41, 5.74) is 3.32. The maximum Gasteiger partial charge on any atom is 0.250 e. The van der Waals surface area contributed by atoms with Gasteiger partial charge in [-0.05, 0) is 31.4 Å². The minimum Gasteiger partial charge on any atom is -0.298 e. The lowest BCUT2D eigenvalue weighted by molar-refractivity contribution is -0.111. The highest BCUT2D eigenvalue weighted by Gasteiger charge is 2.22. The van der Waals surface area contributed by atoms with Crippen LogP contribution in [0.2, 0.25) is 5.15 Å². The van der Waals surface area contributed by atoms with Gasteiger partial charge in [0, 0.05) is 18.1 Å². The van der Waals surface area contributed by atoms with Gasteiger partial charge in [-0.25, -0.2) is 9.67 Å². The molecule has 8 heteroatoms. The fourth-order valence-electron chi connectivity index (χ4n) is 3.25. The number of nitrogens with zero attached hydrogens (tertiary/aromatic N) is 3. The van der Waals surface area contributed by atoms with Crippen molar-refractivity contribution in [2.45, 2.75) is 32.7 Å². The first-order valence-electron chi connectivity index (χ1n) is 9.30. The highest BCUT2D eigenvalue weighted by Crippen LogP contribution is 2.29. The quantitative estimate of drug-likeness (QED) is 0.608. The third kappa shape index (κ3) is 4.31. The van der Waals surface area contributed by atoms with Gasteiger partial charge >= 0.3 is 0 Å². The fraction of sp³-hybridized carbons (Fsp3) is 0.238. The Morgan fingerprint density at radius 2 is 2.10 bits per heavy atom. The predicted molar refractivity (Wildman–Crippen MR) is 115 cm³/mol. The van der Waals surface area contributed by atoms with E-state index >= 15 is 0 Å². The van der Waals surface area contributed by atoms with Crippen LogP contribution in [0.3, 0.4) is 0 Å². The topological polar surface area (TPSA) is 76.9 Å². The van der Waals surface area contributed by atoms with Crippen LogP contribution in [0.4, 0.5) is 5.13 Å². The van der Waals surface area contributed by atoms with Crippen molar-refractivity contribution >= 4 is 45.8 Å². The Morgan fingerprint density at radius 1 is 1.31 bits per heavy atom. The van der Waals surface area contributed by atoms with Gasteiger partial charge in [0.15, 0.2) is 10.9 Å². The van der Waals surface area contributed by atoms with Gasteiger partial charge in [0.25, 0.3) is 0 Å². The fourth-order valence-corrected chi connectivity index (χ4v) is 4.53. The smallest absolute Gasteiger partial charge is 0.250 e. The van der Waals surface area contributed by atoms with Gasteiger partial charge in [0.2, 0.25) is 5.91 Å². The molecular formula is C21H19ClN4O2S. The van der Waals surface area contributed by atoms with Crippen LogP contribution >= 0.6 is 22.9 Å². The Hall–Kier alpha value is -2.77. The lowest BCUT2D eigenvalue weighted by Gasteiger charge is -2.05. The zero-order valence-corrected chi connectivity index (χ0v) is 17.4. The van der Waals surface area contributed by atoms with Crippen LogP contribution in [0.25, 0.3) is 6.08 Å². The second-order valence-electron chi connectivity index (χ2n) is 6.83. The number of halogens is 1. The predicted octanol–water partition coefficient (Wildman–Crippen LogP) is 4.52. The molecule has 1 amide bonds. The Balaban J connectivity index is 1.46. The number of benzene rings is 1. The summed E-state index contributed by atoms with van der Waals surface area (Å²) in [6.07, 6.45) is 5.20. The number of carbonyl (C=O) groups excluding carboxylic acids is 2. The van der Waals surface area contributed by atoms with Gasteiger partial charge in [-0.3, -0.25) is 14.9 Å². The zero-order chi connectivity index (χ0) is 20.4. The molecule has 0 radical (unpaired) electrons. The molecule has 0 fully saturated rings. The molecule has 0 saturated heterocycles. The second-order valence-corrected chi connectivity index (χ2v) is 8.18. The Kier molecular flexibility index (Phi) is 5.60. The van der Waals surface area contributed by atoms with Crippen molar-refractivity contribution in [3.05, 3.63) is 69.0 Å². The van der Waals surface area contributed by atoms with E-state index in [9.17, 15) is 9.59 Å². The van der Waals surface area contributed by atoms with Crippen molar-refractivity contribution in [3.63, 3.8) is 0 Å². The zero-order valence-electron chi connectivity index (χ0n) is 15.8. The molecule has 0 aliphatic heterocycles. The number of rotatable bonds is 5. The molecule has 0 saturated carbocycles. The number of amides is 1. The molecule has 1 aromatic carbocycles. The van der Waals surface area contributed by atoms with Gasteiger partial charge in [-0.1, -0.05) is 53.3 Å². The molecule has 1 aliphatic rings. The van der Waals surface area contributed by atoms with Crippen LogP contribution in [-0.2, 0) is 17.8 Å². The van der Waals surface area contributed by atoms with Crippen molar-refractivity contribution < 1.29 is 9.59 Å². The van der Waals surface area contributed by atoms with Crippen molar-refractivity contribution in [2.75, 3.05) is 5.32 Å². The molecule has 1 aliphatic carbocycles. The number of nitrogens with one attached hydrogen (secondary N) is 1. The normalized spacial score (nSPS) is 13.7. The first-order valence-corrected chi connectivity index (χ1v) is 10.5. The molecule has 2 aromatic heterocycles. The number of fused-ring (bicyclic) bond motifs is 1. The van der Waals surface area contributed by atoms with Crippen LogP contribution in [-0.4, -0.2) is 26.5 Å². The summed E-state index contributed by atoms with van der Waals surface area (Å²) in [4.78, 5) is 29.3. The monoisotopic (exact) mass is 426 g/mol. The van der Waals surface area contributed by atoms with Gasteiger partial charge in [0.05, 0.1) is 22.8 Å². The van der Waals surface area contributed by atoms with E-state index in [1.165, 1.54) is 17.4 Å². The number of aryl methyl sites for hydroxylation is 2. The molecule has 1 N–H and O–H groups in total. The average molecular weight is 427 g/mol. The minimum absolute atomic E-state index is 0.105. The Labute approximate surface area is 177 Å². The van der Waals surface area contributed by atoms with E-state index in [0.29, 0.717) is 33.7 Å². The minimum atomic E-state index is -0.324. The standard InChI is InChI=1S/C21H19ClN4O2S/c1-13-15(20(22)26(25-13)12-14-6-3-2-4-7-14)10-11-18(28)24-21-23-16-8-5-9-17(27)19(16)29-21/h2-4,6-7,10-11H,5,8-9,12H2,1H3,(H,23,24,28)/b11-10+. The van der Waals surface area contributed by atoms with Crippen LogP contribution in [0.5, 0.6) is 0 Å². The van der Waals surface area contributed by atoms with E-state index in [1.807, 2.05) is 37.3 Å². The highest BCUT2D eigenvalue weighted by molar-refractivity contribution is 7.17. The summed E-state index contributed by atoms with van der Waals surface area (Å²) in [5, 5.41) is 8.13. The van der Waals surface area contributed by atoms with E-state index in [4.69, 9.17) is 11.6 Å². The van der Waals surface area contributed by atoms with Crippen LogP contribution < -0.4 is 5.32 Å². The summed E-state index contributed by atoms with van der Waals surface area (Å²) in [6.45, 7) is 2.41. The lowest BCUT2D eigenvalue weighted by Crippen LogP contribution is -2.08. The summed E-state index contributed by atoms with van der Waals surface area (Å²) >= 11 is 7.71. The lowest BCUT2D eigenvalue weighted by atomic mass is 10.0. The SMILES string of the molecule is Cc1nn(Cc2ccccc2)c(Cl)c1/C=C/C(=O)Nc1nc2c(s1)C(=O)CCC2. The number of ketones is 1. The maximum atomic E-state index is 12.3. The van der Waals surface area contributed by atoms with E-state index in [0.717, 1.165) is 29.8 Å². The van der Waals surface area contributed by atoms with Gasteiger partial charge < -0.3 is 0 Å². The molecule has 4 rings (SSSR count). The molecule has 0 unspecified atom stereocenters. The molecule has 0 atom stereocenters. The Morgan fingerprint density at radius 3 is 2.86 bits per heavy atom. The molecular weight excluding hydrogens is 408 g/mol. The summed E-state index contributed by atoms with van der Waals surface area (Å²) in [7, 11) is 0. The van der Waals surface area contributed by atoms with E-state index < -0.39 is 0 Å². The molecule has 6 nitrogen and oxygen atoms in total. The molecule has 29 heavy (non-hydrogen) atoms.